The van der Waals surface area contributed by atoms with Crippen molar-refractivity contribution in [3.8, 4) is 0 Å². The second-order valence-corrected chi connectivity index (χ2v) is 4.50. The Morgan fingerprint density at radius 3 is 2.60 bits per heavy atom. The maximum absolute atomic E-state index is 11.6. The van der Waals surface area contributed by atoms with Crippen molar-refractivity contribution >= 4 is 34.9 Å². The SMILES string of the molecule is CCCCC(=O)Nc1c(C(=O)O)cc(Cl)cc1[N+](=O)[O-]. The number of nitrogens with zero attached hydrogens (tertiary/aromatic N) is 1. The maximum Gasteiger partial charge on any atom is 0.338 e. The Morgan fingerprint density at radius 1 is 1.45 bits per heavy atom. The molecule has 0 aliphatic heterocycles. The van der Waals surface area contributed by atoms with Crippen LogP contribution >= 0.6 is 11.6 Å². The van der Waals surface area contributed by atoms with Gasteiger partial charge in [-0.2, -0.15) is 0 Å². The lowest BCUT2D eigenvalue weighted by Gasteiger charge is -2.09. The summed E-state index contributed by atoms with van der Waals surface area (Å²) in [5, 5.41) is 22.2. The van der Waals surface area contributed by atoms with Crippen LogP contribution in [0.3, 0.4) is 0 Å². The number of nitro groups is 1. The number of carboxylic acids is 1. The summed E-state index contributed by atoms with van der Waals surface area (Å²) >= 11 is 5.65. The number of hydrogen-bond acceptors (Lipinski definition) is 4. The molecule has 108 valence electrons. The minimum atomic E-state index is -1.40. The standard InChI is InChI=1S/C12H13ClN2O5/c1-2-3-4-10(16)14-11-8(12(17)18)5-7(13)6-9(11)15(19)20/h5-6H,2-4H2,1H3,(H,14,16)(H,17,18). The quantitative estimate of drug-likeness (QED) is 0.619. The molecule has 0 heterocycles. The highest BCUT2D eigenvalue weighted by atomic mass is 35.5. The Hall–Kier alpha value is -2.15. The molecule has 1 amide bonds. The van der Waals surface area contributed by atoms with Gasteiger partial charge in [-0.15, -0.1) is 0 Å². The number of unbranched alkanes of at least 4 members (excludes halogenated alkanes) is 1. The number of carboxylic acid groups (broad SMARTS) is 1. The van der Waals surface area contributed by atoms with Crippen LogP contribution in [0.2, 0.25) is 5.02 Å². The van der Waals surface area contributed by atoms with Crippen molar-refractivity contribution < 1.29 is 19.6 Å². The van der Waals surface area contributed by atoms with Gasteiger partial charge in [-0.25, -0.2) is 4.79 Å². The molecule has 0 saturated carbocycles. The van der Waals surface area contributed by atoms with E-state index >= 15 is 0 Å². The number of halogens is 1. The number of nitro benzene ring substituents is 1. The first kappa shape index (κ1) is 15.9. The molecule has 20 heavy (non-hydrogen) atoms. The van der Waals surface area contributed by atoms with Crippen LogP contribution in [0.5, 0.6) is 0 Å². The van der Waals surface area contributed by atoms with Gasteiger partial charge in [-0.1, -0.05) is 24.9 Å². The van der Waals surface area contributed by atoms with Gasteiger partial charge >= 0.3 is 5.97 Å². The van der Waals surface area contributed by atoms with Crippen molar-refractivity contribution in [1.82, 2.24) is 0 Å². The van der Waals surface area contributed by atoms with Gasteiger partial charge in [0.2, 0.25) is 5.91 Å². The lowest BCUT2D eigenvalue weighted by Crippen LogP contribution is -2.16. The first-order valence-electron chi connectivity index (χ1n) is 5.87. The Bertz CT molecular complexity index is 524. The highest BCUT2D eigenvalue weighted by Gasteiger charge is 2.24. The van der Waals surface area contributed by atoms with Gasteiger partial charge in [0, 0.05) is 17.5 Å². The van der Waals surface area contributed by atoms with Crippen LogP contribution in [0.15, 0.2) is 12.1 Å². The average Bonchev–Trinajstić information content (AvgIpc) is 2.37. The van der Waals surface area contributed by atoms with Gasteiger partial charge < -0.3 is 10.4 Å². The monoisotopic (exact) mass is 300 g/mol. The fourth-order valence-corrected chi connectivity index (χ4v) is 1.79. The first-order valence-corrected chi connectivity index (χ1v) is 6.25. The molecular formula is C12H13ClN2O5. The molecule has 0 fully saturated rings. The molecule has 0 unspecified atom stereocenters. The third-order valence-corrected chi connectivity index (χ3v) is 2.75. The zero-order chi connectivity index (χ0) is 15.3. The second kappa shape index (κ2) is 6.85. The van der Waals surface area contributed by atoms with Gasteiger partial charge in [0.15, 0.2) is 0 Å². The lowest BCUT2D eigenvalue weighted by molar-refractivity contribution is -0.383. The van der Waals surface area contributed by atoms with Crippen molar-refractivity contribution in [3.63, 3.8) is 0 Å². The van der Waals surface area contributed by atoms with Crippen molar-refractivity contribution in [2.24, 2.45) is 0 Å². The Kier molecular flexibility index (Phi) is 5.45. The van der Waals surface area contributed by atoms with E-state index in [0.29, 0.717) is 6.42 Å². The summed E-state index contributed by atoms with van der Waals surface area (Å²) in [6.45, 7) is 1.89. The molecule has 2 N–H and O–H groups in total. The number of amides is 1. The zero-order valence-electron chi connectivity index (χ0n) is 10.7. The highest BCUT2D eigenvalue weighted by Crippen LogP contribution is 2.32. The minimum Gasteiger partial charge on any atom is -0.478 e. The molecule has 1 aromatic rings. The van der Waals surface area contributed by atoms with E-state index in [2.05, 4.69) is 5.32 Å². The highest BCUT2D eigenvalue weighted by molar-refractivity contribution is 6.31. The smallest absolute Gasteiger partial charge is 0.338 e. The summed E-state index contributed by atoms with van der Waals surface area (Å²) < 4.78 is 0. The predicted molar refractivity (Wildman–Crippen MR) is 73.2 cm³/mol. The predicted octanol–water partition coefficient (Wildman–Crippen LogP) is 3.08. The number of nitrogens with one attached hydrogen (secondary N) is 1. The van der Waals surface area contributed by atoms with Crippen molar-refractivity contribution in [1.29, 1.82) is 0 Å². The first-order chi connectivity index (χ1) is 9.36. The summed E-state index contributed by atoms with van der Waals surface area (Å²) in [5.74, 6) is -1.87. The minimum absolute atomic E-state index is 0.0827. The number of hydrogen-bond donors (Lipinski definition) is 2. The molecule has 0 spiro atoms. The average molecular weight is 301 g/mol. The number of rotatable bonds is 6. The summed E-state index contributed by atoms with van der Waals surface area (Å²) in [5.41, 5.74) is -1.29. The Morgan fingerprint density at radius 2 is 2.10 bits per heavy atom. The van der Waals surface area contributed by atoms with Crippen molar-refractivity contribution in [2.75, 3.05) is 5.32 Å². The molecule has 1 aromatic carbocycles. The van der Waals surface area contributed by atoms with Gasteiger partial charge in [-0.05, 0) is 12.5 Å². The van der Waals surface area contributed by atoms with Crippen LogP contribution in [0.1, 0.15) is 36.5 Å². The molecule has 1 rings (SSSR count). The summed E-state index contributed by atoms with van der Waals surface area (Å²) in [6, 6.07) is 2.07. The van der Waals surface area contributed by atoms with E-state index in [1.54, 1.807) is 0 Å². The van der Waals surface area contributed by atoms with E-state index in [1.807, 2.05) is 6.92 Å². The van der Waals surface area contributed by atoms with Gasteiger partial charge in [0.05, 0.1) is 10.5 Å². The number of aromatic carboxylic acids is 1. The molecule has 0 aliphatic rings. The molecule has 0 radical (unpaired) electrons. The molecule has 8 heteroatoms. The lowest BCUT2D eigenvalue weighted by atomic mass is 10.1. The van der Waals surface area contributed by atoms with Crippen LogP contribution in [0, 0.1) is 10.1 Å². The van der Waals surface area contributed by atoms with E-state index in [1.165, 1.54) is 0 Å². The van der Waals surface area contributed by atoms with E-state index in [9.17, 15) is 19.7 Å². The van der Waals surface area contributed by atoms with E-state index in [0.717, 1.165) is 18.6 Å². The summed E-state index contributed by atoms with van der Waals surface area (Å²) in [6.07, 6.45) is 1.55. The number of benzene rings is 1. The maximum atomic E-state index is 11.6. The van der Waals surface area contributed by atoms with E-state index in [-0.39, 0.29) is 17.1 Å². The van der Waals surface area contributed by atoms with E-state index in [4.69, 9.17) is 16.7 Å². The van der Waals surface area contributed by atoms with Crippen LogP contribution in [-0.4, -0.2) is 21.9 Å². The number of carbonyl (C=O) groups is 2. The molecular weight excluding hydrogens is 288 g/mol. The number of carbonyl (C=O) groups excluding carboxylic acids is 1. The fraction of sp³-hybridized carbons (Fsp3) is 0.333. The summed E-state index contributed by atoms with van der Waals surface area (Å²) in [7, 11) is 0. The fourth-order valence-electron chi connectivity index (χ4n) is 1.58. The van der Waals surface area contributed by atoms with Crippen molar-refractivity contribution in [3.05, 3.63) is 32.8 Å². The van der Waals surface area contributed by atoms with Crippen LogP contribution in [0.25, 0.3) is 0 Å². The normalized spacial score (nSPS) is 10.1. The third-order valence-electron chi connectivity index (χ3n) is 2.53. The molecule has 0 bridgehead atoms. The second-order valence-electron chi connectivity index (χ2n) is 4.06. The topological polar surface area (TPSA) is 110 Å². The Balaban J connectivity index is 3.23. The van der Waals surface area contributed by atoms with Gasteiger partial charge in [0.25, 0.3) is 5.69 Å². The molecule has 0 saturated heterocycles. The van der Waals surface area contributed by atoms with Crippen LogP contribution < -0.4 is 5.32 Å². The van der Waals surface area contributed by atoms with Gasteiger partial charge in [-0.3, -0.25) is 14.9 Å². The number of anilines is 1. The molecule has 0 aromatic heterocycles. The molecule has 0 aliphatic carbocycles. The van der Waals surface area contributed by atoms with Crippen LogP contribution in [0.4, 0.5) is 11.4 Å². The largest absolute Gasteiger partial charge is 0.478 e. The zero-order valence-corrected chi connectivity index (χ0v) is 11.4. The summed E-state index contributed by atoms with van der Waals surface area (Å²) in [4.78, 5) is 32.9. The Labute approximate surface area is 119 Å². The van der Waals surface area contributed by atoms with Crippen molar-refractivity contribution in [2.45, 2.75) is 26.2 Å². The molecule has 0 atom stereocenters. The molecule has 7 nitrogen and oxygen atoms in total. The third kappa shape index (κ3) is 3.92. The van der Waals surface area contributed by atoms with E-state index < -0.39 is 28.1 Å². The van der Waals surface area contributed by atoms with Crippen LogP contribution in [-0.2, 0) is 4.79 Å². The van der Waals surface area contributed by atoms with Gasteiger partial charge in [0.1, 0.15) is 5.69 Å².